The van der Waals surface area contributed by atoms with E-state index in [1.807, 2.05) is 101 Å². The Morgan fingerprint density at radius 1 is 0.500 bits per heavy atom. The van der Waals surface area contributed by atoms with E-state index in [1.165, 1.54) is 25.7 Å². The molecule has 0 atom stereocenters. The lowest BCUT2D eigenvalue weighted by Gasteiger charge is -2.39. The van der Waals surface area contributed by atoms with Crippen LogP contribution in [-0.2, 0) is 0 Å². The smallest absolute Gasteiger partial charge is 0.254 e. The maximum absolute atomic E-state index is 13.1. The number of hydrogen-bond acceptors (Lipinski definition) is 10. The number of nitrogens with one attached hydrogen (secondary N) is 2. The standard InChI is InChI=1S/C26H34N4O.C19H31N3O.C13H17N3/c1-19(2)29(20(3)4)26(31)22-9-11-23(12-10-22)30(24-13-15-28(5)16-14-24)25-8-6-7-21(17-25)18-27;1-14(2)22(15(3)4)19(23)16-6-8-17(9-7-16)20-18-10-12-21(5)13-11-18;1-16-7-5-12(6-8-16)15-13-4-2-3-11(9-13)10-14/h6-12,17,19-20,24H,13-16H2,1-5H3;6-9,14-15,18,20H,10-13H2,1-5H3;2-4,9,12,15H,5-8H2,1H3. The van der Waals surface area contributed by atoms with Gasteiger partial charge in [-0.15, -0.1) is 0 Å². The van der Waals surface area contributed by atoms with Gasteiger partial charge in [0, 0.05) is 76.2 Å². The first-order valence-corrected chi connectivity index (χ1v) is 25.7. The molecule has 0 radical (unpaired) electrons. The molecule has 4 aromatic carbocycles. The summed E-state index contributed by atoms with van der Waals surface area (Å²) in [5, 5.41) is 25.3. The summed E-state index contributed by atoms with van der Waals surface area (Å²) in [6.45, 7) is 23.1. The van der Waals surface area contributed by atoms with Gasteiger partial charge in [-0.1, -0.05) is 12.1 Å². The van der Waals surface area contributed by atoms with Gasteiger partial charge >= 0.3 is 0 Å². The lowest BCUT2D eigenvalue weighted by Crippen LogP contribution is -2.42. The molecule has 2 amide bonds. The number of nitriles is 2. The number of benzene rings is 4. The molecule has 4 aromatic rings. The second kappa shape index (κ2) is 26.9. The van der Waals surface area contributed by atoms with Crippen molar-refractivity contribution in [3.05, 3.63) is 119 Å². The van der Waals surface area contributed by atoms with Crippen molar-refractivity contribution in [1.82, 2.24) is 24.5 Å². The molecule has 376 valence electrons. The molecular weight excluding hydrogens is 869 g/mol. The number of rotatable bonds is 13. The highest BCUT2D eigenvalue weighted by Gasteiger charge is 2.27. The van der Waals surface area contributed by atoms with E-state index in [2.05, 4.69) is 125 Å². The van der Waals surface area contributed by atoms with E-state index >= 15 is 0 Å². The summed E-state index contributed by atoms with van der Waals surface area (Å²) < 4.78 is 0. The highest BCUT2D eigenvalue weighted by Crippen LogP contribution is 2.33. The number of anilines is 4. The number of hydrogen-bond donors (Lipinski definition) is 2. The molecule has 3 heterocycles. The fourth-order valence-corrected chi connectivity index (χ4v) is 9.91. The quantitative estimate of drug-likeness (QED) is 0.134. The van der Waals surface area contributed by atoms with Crippen molar-refractivity contribution < 1.29 is 9.59 Å². The van der Waals surface area contributed by atoms with Crippen LogP contribution in [0.5, 0.6) is 0 Å². The second-order valence-electron chi connectivity index (χ2n) is 20.6. The van der Waals surface area contributed by atoms with Crippen molar-refractivity contribution in [2.75, 3.05) is 75.9 Å². The average molecular weight is 951 g/mol. The highest BCUT2D eigenvalue weighted by molar-refractivity contribution is 5.95. The van der Waals surface area contributed by atoms with Crippen molar-refractivity contribution in [3.63, 3.8) is 0 Å². The van der Waals surface area contributed by atoms with E-state index in [1.54, 1.807) is 0 Å². The van der Waals surface area contributed by atoms with Crippen LogP contribution >= 0.6 is 0 Å². The van der Waals surface area contributed by atoms with Gasteiger partial charge in [0.1, 0.15) is 0 Å². The van der Waals surface area contributed by atoms with Crippen molar-refractivity contribution in [2.24, 2.45) is 0 Å². The first kappa shape index (κ1) is 55.0. The molecule has 0 bridgehead atoms. The van der Waals surface area contributed by atoms with Gasteiger partial charge in [0.25, 0.3) is 11.8 Å². The third kappa shape index (κ3) is 16.1. The molecule has 3 aliphatic heterocycles. The maximum Gasteiger partial charge on any atom is 0.254 e. The Balaban J connectivity index is 0.000000206. The SMILES string of the molecule is CC(C)N(C(=O)c1ccc(N(c2cccc(C#N)c2)C2CCN(C)CC2)cc1)C(C)C.CC(C)N(C(=O)c1ccc(NC2CCN(C)CC2)cc1)C(C)C.CN1CCC(Nc2cccc(C#N)c2)CC1. The molecule has 0 saturated carbocycles. The van der Waals surface area contributed by atoms with Crippen LogP contribution in [-0.4, -0.2) is 139 Å². The second-order valence-corrected chi connectivity index (χ2v) is 20.6. The predicted octanol–water partition coefficient (Wildman–Crippen LogP) is 10.6. The Morgan fingerprint density at radius 2 is 0.886 bits per heavy atom. The highest BCUT2D eigenvalue weighted by atomic mass is 16.2. The van der Waals surface area contributed by atoms with Crippen LogP contribution in [0.4, 0.5) is 22.7 Å². The molecule has 0 aromatic heterocycles. The minimum atomic E-state index is 0.0638. The molecule has 12 nitrogen and oxygen atoms in total. The Hall–Kier alpha value is -5.92. The fraction of sp³-hybridized carbons (Fsp3) is 0.517. The van der Waals surface area contributed by atoms with E-state index in [4.69, 9.17) is 5.26 Å². The molecule has 0 unspecified atom stereocenters. The molecule has 3 saturated heterocycles. The number of carbonyl (C=O) groups is 2. The molecule has 70 heavy (non-hydrogen) atoms. The van der Waals surface area contributed by atoms with Gasteiger partial charge in [0.05, 0.1) is 23.3 Å². The Kier molecular flexibility index (Phi) is 21.1. The molecule has 0 spiro atoms. The summed E-state index contributed by atoms with van der Waals surface area (Å²) in [7, 11) is 6.49. The minimum absolute atomic E-state index is 0.0638. The van der Waals surface area contributed by atoms with Gasteiger partial charge < -0.3 is 40.0 Å². The van der Waals surface area contributed by atoms with Gasteiger partial charge in [-0.3, -0.25) is 9.59 Å². The Bertz CT molecular complexity index is 2290. The average Bonchev–Trinajstić information content (AvgIpc) is 3.34. The maximum atomic E-state index is 13.1. The van der Waals surface area contributed by atoms with Crippen LogP contribution in [0.25, 0.3) is 0 Å². The zero-order valence-electron chi connectivity index (χ0n) is 44.2. The van der Waals surface area contributed by atoms with Gasteiger partial charge in [0.2, 0.25) is 0 Å². The van der Waals surface area contributed by atoms with Crippen LogP contribution in [0.3, 0.4) is 0 Å². The number of nitrogens with zero attached hydrogens (tertiary/aromatic N) is 8. The van der Waals surface area contributed by atoms with Crippen molar-refractivity contribution in [3.8, 4) is 12.1 Å². The first-order valence-electron chi connectivity index (χ1n) is 25.7. The van der Waals surface area contributed by atoms with E-state index in [0.29, 0.717) is 29.3 Å². The Morgan fingerprint density at radius 3 is 1.31 bits per heavy atom. The minimum Gasteiger partial charge on any atom is -0.382 e. The molecule has 3 fully saturated rings. The zero-order chi connectivity index (χ0) is 50.9. The topological polar surface area (TPSA) is 125 Å². The van der Waals surface area contributed by atoms with Gasteiger partial charge in [-0.05, 0) is 239 Å². The van der Waals surface area contributed by atoms with Crippen molar-refractivity contribution in [2.45, 2.75) is 136 Å². The number of carbonyl (C=O) groups excluding carboxylic acids is 2. The van der Waals surface area contributed by atoms with Crippen LogP contribution in [0.1, 0.15) is 126 Å². The van der Waals surface area contributed by atoms with Gasteiger partial charge in [0.15, 0.2) is 0 Å². The first-order chi connectivity index (χ1) is 33.5. The van der Waals surface area contributed by atoms with Crippen molar-refractivity contribution >= 4 is 34.6 Å². The summed E-state index contributed by atoms with van der Waals surface area (Å²) in [5.74, 6) is 0.176. The van der Waals surface area contributed by atoms with Crippen LogP contribution < -0.4 is 15.5 Å². The van der Waals surface area contributed by atoms with E-state index < -0.39 is 0 Å². The fourth-order valence-electron chi connectivity index (χ4n) is 9.91. The molecule has 12 heteroatoms. The molecule has 3 aliphatic rings. The number of piperidine rings is 3. The Labute approximate surface area is 421 Å². The molecule has 2 N–H and O–H groups in total. The van der Waals surface area contributed by atoms with Gasteiger partial charge in [-0.25, -0.2) is 0 Å². The lowest BCUT2D eigenvalue weighted by atomic mass is 10.0. The lowest BCUT2D eigenvalue weighted by molar-refractivity contribution is 0.0634. The molecular formula is C58H82N10O2. The summed E-state index contributed by atoms with van der Waals surface area (Å²) >= 11 is 0. The predicted molar refractivity (Wildman–Crippen MR) is 289 cm³/mol. The van der Waals surface area contributed by atoms with Crippen LogP contribution in [0.15, 0.2) is 97.1 Å². The monoisotopic (exact) mass is 951 g/mol. The third-order valence-electron chi connectivity index (χ3n) is 13.7. The zero-order valence-corrected chi connectivity index (χ0v) is 44.2. The number of likely N-dealkylation sites (tertiary alicyclic amines) is 3. The van der Waals surface area contributed by atoms with E-state index in [-0.39, 0.29) is 36.0 Å². The van der Waals surface area contributed by atoms with Gasteiger partial charge in [-0.2, -0.15) is 10.5 Å². The van der Waals surface area contributed by atoms with E-state index in [9.17, 15) is 14.9 Å². The summed E-state index contributed by atoms with van der Waals surface area (Å²) in [6, 6.07) is 38.0. The third-order valence-corrected chi connectivity index (χ3v) is 13.7. The van der Waals surface area contributed by atoms with Crippen LogP contribution in [0.2, 0.25) is 0 Å². The van der Waals surface area contributed by atoms with Crippen LogP contribution in [0, 0.1) is 22.7 Å². The van der Waals surface area contributed by atoms with Crippen molar-refractivity contribution in [1.29, 1.82) is 10.5 Å². The van der Waals surface area contributed by atoms with E-state index in [0.717, 1.165) is 86.0 Å². The largest absolute Gasteiger partial charge is 0.382 e. The molecule has 7 rings (SSSR count). The number of amides is 2. The summed E-state index contributed by atoms with van der Waals surface area (Å²) in [5.41, 5.74) is 7.11. The normalized spacial score (nSPS) is 16.4. The summed E-state index contributed by atoms with van der Waals surface area (Å²) in [6.07, 6.45) is 6.81. The summed E-state index contributed by atoms with van der Waals surface area (Å²) in [4.78, 5) is 39.0. The molecule has 0 aliphatic carbocycles.